The van der Waals surface area contributed by atoms with Gasteiger partial charge >= 0.3 is 0 Å². The van der Waals surface area contributed by atoms with E-state index < -0.39 is 0 Å². The molecule has 2 nitrogen and oxygen atoms in total. The zero-order chi connectivity index (χ0) is 17.5. The predicted molar refractivity (Wildman–Crippen MR) is 104 cm³/mol. The molecule has 0 amide bonds. The zero-order valence-electron chi connectivity index (χ0n) is 16.3. The van der Waals surface area contributed by atoms with Crippen LogP contribution in [0.4, 0.5) is 0 Å². The van der Waals surface area contributed by atoms with Gasteiger partial charge in [0.05, 0.1) is 0 Å². The van der Waals surface area contributed by atoms with E-state index in [0.29, 0.717) is 12.1 Å². The third-order valence-corrected chi connectivity index (χ3v) is 3.73. The summed E-state index contributed by atoms with van der Waals surface area (Å²) in [5.41, 5.74) is 1.39. The lowest BCUT2D eigenvalue weighted by atomic mass is 9.89. The van der Waals surface area contributed by atoms with Crippen LogP contribution in [-0.4, -0.2) is 18.7 Å². The van der Waals surface area contributed by atoms with Gasteiger partial charge in [0.15, 0.2) is 0 Å². The Labute approximate surface area is 145 Å². The molecule has 1 saturated carbocycles. The molecule has 0 atom stereocenters. The van der Waals surface area contributed by atoms with Gasteiger partial charge in [-0.15, -0.1) is 0 Å². The fraction of sp³-hybridized carbons (Fsp3) is 0.714. The van der Waals surface area contributed by atoms with Gasteiger partial charge in [0, 0.05) is 6.04 Å². The molecule has 0 aromatic carbocycles. The van der Waals surface area contributed by atoms with E-state index in [-0.39, 0.29) is 0 Å². The van der Waals surface area contributed by atoms with Crippen LogP contribution in [0.25, 0.3) is 0 Å². The molecular formula is C21H39NO. The standard InChI is InChI=1S/C17H27NO.2C2H6/c1-3-7-14-8-5-6-9-16(11-14)19-17-12-15(13-17)18-10-4-2;2*1-2/h5,8-9,11,15,17-18H,3-4,6-7,10,12-13H2,1-2H3;2*1-2H3. The Morgan fingerprint density at radius 2 is 1.78 bits per heavy atom. The van der Waals surface area contributed by atoms with Crippen molar-refractivity contribution < 1.29 is 4.74 Å². The van der Waals surface area contributed by atoms with Crippen molar-refractivity contribution in [3.8, 4) is 0 Å². The number of hydrogen-bond acceptors (Lipinski definition) is 2. The Morgan fingerprint density at radius 1 is 1.09 bits per heavy atom. The van der Waals surface area contributed by atoms with E-state index in [0.717, 1.165) is 38.0 Å². The van der Waals surface area contributed by atoms with Crippen LogP contribution in [-0.2, 0) is 4.74 Å². The number of ether oxygens (including phenoxy) is 1. The summed E-state index contributed by atoms with van der Waals surface area (Å²) in [6, 6.07) is 0.675. The number of rotatable bonds is 7. The van der Waals surface area contributed by atoms with E-state index >= 15 is 0 Å². The molecule has 2 aliphatic rings. The summed E-state index contributed by atoms with van der Waals surface area (Å²) >= 11 is 0. The largest absolute Gasteiger partial charge is 0.491 e. The summed E-state index contributed by atoms with van der Waals surface area (Å²) in [6.45, 7) is 13.6. The molecule has 0 aliphatic heterocycles. The third-order valence-electron chi connectivity index (χ3n) is 3.73. The molecule has 1 fully saturated rings. The SMILES string of the molecule is CC.CC.CCCNC1CC(OC2=CCC=CC(CCC)=C2)C1. The molecule has 0 radical (unpaired) electrons. The van der Waals surface area contributed by atoms with Gasteiger partial charge in [-0.1, -0.05) is 60.1 Å². The highest BCUT2D eigenvalue weighted by Crippen LogP contribution is 2.27. The summed E-state index contributed by atoms with van der Waals surface area (Å²) in [4.78, 5) is 0. The zero-order valence-corrected chi connectivity index (χ0v) is 16.3. The lowest BCUT2D eigenvalue weighted by Crippen LogP contribution is -2.45. The van der Waals surface area contributed by atoms with E-state index in [2.05, 4.69) is 43.5 Å². The Balaban J connectivity index is 0.00000112. The van der Waals surface area contributed by atoms with Gasteiger partial charge in [0.1, 0.15) is 11.9 Å². The van der Waals surface area contributed by atoms with Crippen molar-refractivity contribution in [3.05, 3.63) is 35.6 Å². The first-order chi connectivity index (χ1) is 11.3. The van der Waals surface area contributed by atoms with Crippen LogP contribution < -0.4 is 5.32 Å². The Kier molecular flexibility index (Phi) is 13.9. The van der Waals surface area contributed by atoms with E-state index in [9.17, 15) is 0 Å². The van der Waals surface area contributed by atoms with Crippen LogP contribution in [0.15, 0.2) is 35.6 Å². The van der Waals surface area contributed by atoms with Crippen molar-refractivity contribution in [1.29, 1.82) is 0 Å². The van der Waals surface area contributed by atoms with Crippen molar-refractivity contribution in [3.63, 3.8) is 0 Å². The average molecular weight is 322 g/mol. The van der Waals surface area contributed by atoms with Crippen LogP contribution in [0.1, 0.15) is 80.1 Å². The molecule has 0 spiro atoms. The molecule has 2 heteroatoms. The highest BCUT2D eigenvalue weighted by molar-refractivity contribution is 5.31. The molecule has 2 rings (SSSR count). The maximum Gasteiger partial charge on any atom is 0.116 e. The Hall–Kier alpha value is -1.02. The summed E-state index contributed by atoms with van der Waals surface area (Å²) in [7, 11) is 0. The fourth-order valence-corrected chi connectivity index (χ4v) is 2.59. The van der Waals surface area contributed by atoms with Gasteiger partial charge < -0.3 is 10.1 Å². The second-order valence-corrected chi connectivity index (χ2v) is 5.58. The highest BCUT2D eigenvalue weighted by Gasteiger charge is 2.30. The molecular weight excluding hydrogens is 282 g/mol. The van der Waals surface area contributed by atoms with Gasteiger partial charge in [-0.2, -0.15) is 0 Å². The van der Waals surface area contributed by atoms with Crippen molar-refractivity contribution >= 4 is 0 Å². The smallest absolute Gasteiger partial charge is 0.116 e. The minimum Gasteiger partial charge on any atom is -0.491 e. The molecule has 0 aromatic heterocycles. The van der Waals surface area contributed by atoms with E-state index in [4.69, 9.17) is 4.74 Å². The van der Waals surface area contributed by atoms with Crippen molar-refractivity contribution in [2.45, 2.75) is 92.2 Å². The van der Waals surface area contributed by atoms with Gasteiger partial charge in [0.2, 0.25) is 0 Å². The average Bonchev–Trinajstić information content (AvgIpc) is 2.79. The molecule has 134 valence electrons. The molecule has 2 aliphatic carbocycles. The van der Waals surface area contributed by atoms with E-state index in [1.165, 1.54) is 18.4 Å². The van der Waals surface area contributed by atoms with Crippen LogP contribution in [0.2, 0.25) is 0 Å². The van der Waals surface area contributed by atoms with Gasteiger partial charge in [-0.25, -0.2) is 0 Å². The maximum absolute atomic E-state index is 6.10. The maximum atomic E-state index is 6.10. The van der Waals surface area contributed by atoms with E-state index in [1.807, 2.05) is 27.7 Å². The van der Waals surface area contributed by atoms with Crippen molar-refractivity contribution in [2.24, 2.45) is 0 Å². The van der Waals surface area contributed by atoms with Crippen LogP contribution in [0.5, 0.6) is 0 Å². The Bertz CT molecular complexity index is 362. The summed E-state index contributed by atoms with van der Waals surface area (Å²) in [6.07, 6.45) is 16.1. The topological polar surface area (TPSA) is 21.3 Å². The van der Waals surface area contributed by atoms with Crippen molar-refractivity contribution in [2.75, 3.05) is 6.54 Å². The van der Waals surface area contributed by atoms with Crippen LogP contribution >= 0.6 is 0 Å². The minimum absolute atomic E-state index is 0.415. The fourth-order valence-electron chi connectivity index (χ4n) is 2.59. The molecule has 0 saturated heterocycles. The van der Waals surface area contributed by atoms with E-state index in [1.54, 1.807) is 0 Å². The number of hydrogen-bond donors (Lipinski definition) is 1. The second-order valence-electron chi connectivity index (χ2n) is 5.58. The monoisotopic (exact) mass is 321 g/mol. The lowest BCUT2D eigenvalue weighted by molar-refractivity contribution is 0.0329. The number of allylic oxidation sites excluding steroid dienone is 5. The normalized spacial score (nSPS) is 22.2. The minimum atomic E-state index is 0.415. The van der Waals surface area contributed by atoms with Crippen molar-refractivity contribution in [1.82, 2.24) is 5.32 Å². The molecule has 0 bridgehead atoms. The lowest BCUT2D eigenvalue weighted by Gasteiger charge is -2.36. The number of nitrogens with one attached hydrogen (secondary N) is 1. The van der Waals surface area contributed by atoms with Gasteiger partial charge in [-0.05, 0) is 56.4 Å². The quantitative estimate of drug-likeness (QED) is 0.606. The second kappa shape index (κ2) is 14.6. The van der Waals surface area contributed by atoms with Gasteiger partial charge in [-0.3, -0.25) is 0 Å². The molecule has 0 unspecified atom stereocenters. The van der Waals surface area contributed by atoms with Crippen LogP contribution in [0, 0.1) is 0 Å². The molecule has 1 N–H and O–H groups in total. The summed E-state index contributed by atoms with van der Waals surface area (Å²) in [5.74, 6) is 1.08. The molecule has 23 heavy (non-hydrogen) atoms. The Morgan fingerprint density at radius 3 is 2.39 bits per heavy atom. The summed E-state index contributed by atoms with van der Waals surface area (Å²) in [5, 5.41) is 3.55. The van der Waals surface area contributed by atoms with Gasteiger partial charge in [0.25, 0.3) is 0 Å². The summed E-state index contributed by atoms with van der Waals surface area (Å²) < 4.78 is 6.10. The third kappa shape index (κ3) is 9.00. The first-order valence-electron chi connectivity index (χ1n) is 9.79. The van der Waals surface area contributed by atoms with Crippen LogP contribution in [0.3, 0.4) is 0 Å². The molecule has 0 heterocycles. The first kappa shape index (κ1) is 22.0. The first-order valence-corrected chi connectivity index (χ1v) is 9.79. The highest BCUT2D eigenvalue weighted by atomic mass is 16.5. The predicted octanol–water partition coefficient (Wildman–Crippen LogP) is 6.16. The molecule has 0 aromatic rings.